The second-order valence-corrected chi connectivity index (χ2v) is 6.25. The van der Waals surface area contributed by atoms with Gasteiger partial charge in [-0.3, -0.25) is 9.80 Å². The summed E-state index contributed by atoms with van der Waals surface area (Å²) in [6.45, 7) is 11.1. The SMILES string of the molecule is CC(C)N(CCN)C[C@H]1CCN(Cc2ccccc2)C1. The molecule has 1 fully saturated rings. The number of hydrogen-bond donors (Lipinski definition) is 1. The van der Waals surface area contributed by atoms with Crippen molar-refractivity contribution in [2.24, 2.45) is 11.7 Å². The van der Waals surface area contributed by atoms with Crippen LogP contribution in [-0.4, -0.2) is 48.6 Å². The van der Waals surface area contributed by atoms with Gasteiger partial charge >= 0.3 is 0 Å². The lowest BCUT2D eigenvalue weighted by Gasteiger charge is -2.28. The number of rotatable bonds is 7. The number of likely N-dealkylation sites (tertiary alicyclic amines) is 1. The molecule has 0 unspecified atom stereocenters. The van der Waals surface area contributed by atoms with Crippen molar-refractivity contribution >= 4 is 0 Å². The Kier molecular flexibility index (Phi) is 6.02. The molecule has 2 N–H and O–H groups in total. The van der Waals surface area contributed by atoms with Crippen molar-refractivity contribution in [1.29, 1.82) is 0 Å². The zero-order valence-corrected chi connectivity index (χ0v) is 13.0. The van der Waals surface area contributed by atoms with E-state index < -0.39 is 0 Å². The second-order valence-electron chi connectivity index (χ2n) is 6.25. The predicted octanol–water partition coefficient (Wildman–Crippen LogP) is 2.18. The topological polar surface area (TPSA) is 32.5 Å². The minimum atomic E-state index is 0.599. The smallest absolute Gasteiger partial charge is 0.0233 e. The Morgan fingerprint density at radius 3 is 2.70 bits per heavy atom. The van der Waals surface area contributed by atoms with Gasteiger partial charge in [-0.25, -0.2) is 0 Å². The van der Waals surface area contributed by atoms with Gasteiger partial charge in [0, 0.05) is 38.8 Å². The first-order chi connectivity index (χ1) is 9.69. The normalized spacial score (nSPS) is 20.1. The van der Waals surface area contributed by atoms with E-state index in [4.69, 9.17) is 5.73 Å². The van der Waals surface area contributed by atoms with Gasteiger partial charge in [-0.1, -0.05) is 30.3 Å². The van der Waals surface area contributed by atoms with Crippen molar-refractivity contribution in [2.45, 2.75) is 32.9 Å². The van der Waals surface area contributed by atoms with Gasteiger partial charge in [0.25, 0.3) is 0 Å². The molecule has 1 saturated heterocycles. The van der Waals surface area contributed by atoms with Crippen LogP contribution in [-0.2, 0) is 6.54 Å². The van der Waals surface area contributed by atoms with Crippen LogP contribution in [0.15, 0.2) is 30.3 Å². The maximum atomic E-state index is 5.72. The third kappa shape index (κ3) is 4.58. The largest absolute Gasteiger partial charge is 0.329 e. The van der Waals surface area contributed by atoms with Crippen molar-refractivity contribution in [3.05, 3.63) is 35.9 Å². The summed E-state index contributed by atoms with van der Waals surface area (Å²) in [5, 5.41) is 0. The molecule has 1 aromatic rings. The molecule has 1 aromatic carbocycles. The van der Waals surface area contributed by atoms with E-state index in [2.05, 4.69) is 54.0 Å². The van der Waals surface area contributed by atoms with E-state index in [9.17, 15) is 0 Å². The molecule has 2 rings (SSSR count). The fourth-order valence-electron chi connectivity index (χ4n) is 3.10. The highest BCUT2D eigenvalue weighted by Crippen LogP contribution is 2.20. The molecule has 20 heavy (non-hydrogen) atoms. The third-order valence-electron chi connectivity index (χ3n) is 4.26. The van der Waals surface area contributed by atoms with Crippen molar-refractivity contribution in [3.8, 4) is 0 Å². The molecule has 112 valence electrons. The first kappa shape index (κ1) is 15.5. The molecule has 1 heterocycles. The van der Waals surface area contributed by atoms with Crippen LogP contribution >= 0.6 is 0 Å². The standard InChI is InChI=1S/C17H29N3/c1-15(2)20(11-9-18)14-17-8-10-19(13-17)12-16-6-4-3-5-7-16/h3-7,15,17H,8-14,18H2,1-2H3/t17-/m0/s1. The van der Waals surface area contributed by atoms with Gasteiger partial charge in [0.05, 0.1) is 0 Å². The molecule has 0 radical (unpaired) electrons. The van der Waals surface area contributed by atoms with E-state index in [0.717, 1.165) is 25.6 Å². The predicted molar refractivity (Wildman–Crippen MR) is 85.6 cm³/mol. The molecule has 1 aliphatic rings. The summed E-state index contributed by atoms with van der Waals surface area (Å²) in [6, 6.07) is 11.4. The van der Waals surface area contributed by atoms with Crippen LogP contribution in [0.5, 0.6) is 0 Å². The van der Waals surface area contributed by atoms with Crippen molar-refractivity contribution < 1.29 is 0 Å². The fraction of sp³-hybridized carbons (Fsp3) is 0.647. The Labute approximate surface area is 123 Å². The fourth-order valence-corrected chi connectivity index (χ4v) is 3.10. The highest BCUT2D eigenvalue weighted by atomic mass is 15.2. The Morgan fingerprint density at radius 2 is 2.05 bits per heavy atom. The third-order valence-corrected chi connectivity index (χ3v) is 4.26. The number of hydrogen-bond acceptors (Lipinski definition) is 3. The molecular formula is C17H29N3. The molecule has 1 atom stereocenters. The van der Waals surface area contributed by atoms with Crippen LogP contribution in [0.25, 0.3) is 0 Å². The van der Waals surface area contributed by atoms with Crippen LogP contribution in [0, 0.1) is 5.92 Å². The van der Waals surface area contributed by atoms with Crippen LogP contribution in [0.4, 0.5) is 0 Å². The summed E-state index contributed by atoms with van der Waals surface area (Å²) >= 11 is 0. The van der Waals surface area contributed by atoms with Gasteiger partial charge in [-0.15, -0.1) is 0 Å². The highest BCUT2D eigenvalue weighted by molar-refractivity contribution is 5.14. The van der Waals surface area contributed by atoms with Crippen molar-refractivity contribution in [2.75, 3.05) is 32.7 Å². The molecule has 0 saturated carbocycles. The van der Waals surface area contributed by atoms with Gasteiger partial charge in [-0.05, 0) is 38.3 Å². The summed E-state index contributed by atoms with van der Waals surface area (Å²) in [4.78, 5) is 5.11. The first-order valence-electron chi connectivity index (χ1n) is 7.89. The molecule has 0 aromatic heterocycles. The average Bonchev–Trinajstić information content (AvgIpc) is 2.86. The Morgan fingerprint density at radius 1 is 1.30 bits per heavy atom. The van der Waals surface area contributed by atoms with E-state index in [1.54, 1.807) is 0 Å². The molecule has 3 heteroatoms. The van der Waals surface area contributed by atoms with E-state index in [1.165, 1.54) is 31.6 Å². The van der Waals surface area contributed by atoms with Crippen LogP contribution in [0.2, 0.25) is 0 Å². The zero-order valence-electron chi connectivity index (χ0n) is 13.0. The van der Waals surface area contributed by atoms with Crippen LogP contribution < -0.4 is 5.73 Å². The number of nitrogens with zero attached hydrogens (tertiary/aromatic N) is 2. The molecule has 0 aliphatic carbocycles. The minimum Gasteiger partial charge on any atom is -0.329 e. The maximum absolute atomic E-state index is 5.72. The van der Waals surface area contributed by atoms with E-state index in [-0.39, 0.29) is 0 Å². The van der Waals surface area contributed by atoms with Gasteiger partial charge in [0.2, 0.25) is 0 Å². The summed E-state index contributed by atoms with van der Waals surface area (Å²) in [7, 11) is 0. The van der Waals surface area contributed by atoms with Crippen molar-refractivity contribution in [3.63, 3.8) is 0 Å². The molecular weight excluding hydrogens is 246 g/mol. The number of benzene rings is 1. The van der Waals surface area contributed by atoms with Gasteiger partial charge in [0.15, 0.2) is 0 Å². The molecule has 0 amide bonds. The monoisotopic (exact) mass is 275 g/mol. The second kappa shape index (κ2) is 7.77. The summed E-state index contributed by atoms with van der Waals surface area (Å²) in [5.74, 6) is 0.799. The van der Waals surface area contributed by atoms with Gasteiger partial charge in [-0.2, -0.15) is 0 Å². The highest BCUT2D eigenvalue weighted by Gasteiger charge is 2.24. The van der Waals surface area contributed by atoms with Crippen LogP contribution in [0.3, 0.4) is 0 Å². The number of nitrogens with two attached hydrogens (primary N) is 1. The zero-order chi connectivity index (χ0) is 14.4. The lowest BCUT2D eigenvalue weighted by molar-refractivity contribution is 0.189. The van der Waals surface area contributed by atoms with Crippen LogP contribution in [0.1, 0.15) is 25.8 Å². The lowest BCUT2D eigenvalue weighted by Crippen LogP contribution is -2.39. The Hall–Kier alpha value is -0.900. The molecule has 1 aliphatic heterocycles. The van der Waals surface area contributed by atoms with Gasteiger partial charge < -0.3 is 5.73 Å². The summed E-state index contributed by atoms with van der Waals surface area (Å²) in [5.41, 5.74) is 7.15. The quantitative estimate of drug-likeness (QED) is 0.828. The van der Waals surface area contributed by atoms with Crippen molar-refractivity contribution in [1.82, 2.24) is 9.80 Å². The molecule has 0 spiro atoms. The lowest BCUT2D eigenvalue weighted by atomic mass is 10.1. The Bertz CT molecular complexity index is 377. The summed E-state index contributed by atoms with van der Waals surface area (Å²) in [6.07, 6.45) is 1.32. The molecule has 3 nitrogen and oxygen atoms in total. The average molecular weight is 275 g/mol. The molecule has 0 bridgehead atoms. The van der Waals surface area contributed by atoms with E-state index in [1.807, 2.05) is 0 Å². The Balaban J connectivity index is 1.80. The van der Waals surface area contributed by atoms with E-state index >= 15 is 0 Å². The minimum absolute atomic E-state index is 0.599. The van der Waals surface area contributed by atoms with Gasteiger partial charge in [0.1, 0.15) is 0 Å². The summed E-state index contributed by atoms with van der Waals surface area (Å²) < 4.78 is 0. The van der Waals surface area contributed by atoms with E-state index in [0.29, 0.717) is 6.04 Å². The maximum Gasteiger partial charge on any atom is 0.0233 e. The first-order valence-corrected chi connectivity index (χ1v) is 7.89.